The summed E-state index contributed by atoms with van der Waals surface area (Å²) < 4.78 is 16.8. The number of hydrogen-bond acceptors (Lipinski definition) is 5. The molecule has 0 aromatic heterocycles. The van der Waals surface area contributed by atoms with E-state index in [2.05, 4.69) is 5.32 Å². The van der Waals surface area contributed by atoms with Crippen LogP contribution in [0.3, 0.4) is 0 Å². The third-order valence-electron chi connectivity index (χ3n) is 4.75. The highest BCUT2D eigenvalue weighted by Gasteiger charge is 2.36. The molecule has 1 amide bonds. The Morgan fingerprint density at radius 1 is 0.931 bits per heavy atom. The summed E-state index contributed by atoms with van der Waals surface area (Å²) in [6, 6.07) is 20.6. The molecule has 0 bridgehead atoms. The van der Waals surface area contributed by atoms with Gasteiger partial charge in [-0.2, -0.15) is 0 Å². The van der Waals surface area contributed by atoms with Crippen LogP contribution in [0.5, 0.6) is 11.5 Å². The molecule has 0 saturated heterocycles. The maximum atomic E-state index is 12.6. The highest BCUT2D eigenvalue weighted by atomic mass is 16.6. The van der Waals surface area contributed by atoms with E-state index in [0.29, 0.717) is 17.2 Å². The summed E-state index contributed by atoms with van der Waals surface area (Å²) in [5.41, 5.74) is 0.635. The third-order valence-corrected chi connectivity index (χ3v) is 4.75. The van der Waals surface area contributed by atoms with Crippen LogP contribution in [0.4, 0.5) is 5.69 Å². The fourth-order valence-corrected chi connectivity index (χ4v) is 3.19. The van der Waals surface area contributed by atoms with Gasteiger partial charge in [-0.25, -0.2) is 4.79 Å². The molecule has 1 aliphatic heterocycles. The number of ether oxygens (including phenoxy) is 3. The molecule has 3 aromatic rings. The first-order valence-corrected chi connectivity index (χ1v) is 9.44. The van der Waals surface area contributed by atoms with Crippen molar-refractivity contribution in [1.82, 2.24) is 0 Å². The second-order valence-electron chi connectivity index (χ2n) is 6.94. The van der Waals surface area contributed by atoms with Crippen LogP contribution in [-0.4, -0.2) is 30.2 Å². The van der Waals surface area contributed by atoms with E-state index in [1.54, 1.807) is 25.1 Å². The third kappa shape index (κ3) is 4.01. The van der Waals surface area contributed by atoms with E-state index in [1.807, 2.05) is 48.5 Å². The van der Waals surface area contributed by atoms with Gasteiger partial charge in [-0.3, -0.25) is 4.79 Å². The van der Waals surface area contributed by atoms with Gasteiger partial charge in [-0.05, 0) is 48.9 Å². The average Bonchev–Trinajstić information content (AvgIpc) is 2.73. The lowest BCUT2D eigenvalue weighted by Gasteiger charge is -2.30. The van der Waals surface area contributed by atoms with Crippen molar-refractivity contribution in [2.24, 2.45) is 0 Å². The fourth-order valence-electron chi connectivity index (χ4n) is 3.19. The fraction of sp³-hybridized carbons (Fsp3) is 0.217. The van der Waals surface area contributed by atoms with Crippen molar-refractivity contribution in [1.29, 1.82) is 0 Å². The number of para-hydroxylation sites is 2. The second-order valence-corrected chi connectivity index (χ2v) is 6.94. The van der Waals surface area contributed by atoms with Gasteiger partial charge in [0, 0.05) is 5.69 Å². The average molecular weight is 391 g/mol. The van der Waals surface area contributed by atoms with Crippen molar-refractivity contribution in [2.75, 3.05) is 5.32 Å². The van der Waals surface area contributed by atoms with Crippen LogP contribution in [-0.2, 0) is 14.3 Å². The minimum atomic E-state index is -0.984. The summed E-state index contributed by atoms with van der Waals surface area (Å²) in [6.07, 6.45) is -2.46. The molecule has 148 valence electrons. The summed E-state index contributed by atoms with van der Waals surface area (Å²) in [5, 5.41) is 4.87. The maximum absolute atomic E-state index is 12.6. The van der Waals surface area contributed by atoms with Gasteiger partial charge < -0.3 is 19.5 Å². The Labute approximate surface area is 168 Å². The number of esters is 1. The molecule has 4 rings (SSSR count). The van der Waals surface area contributed by atoms with Gasteiger partial charge in [0.2, 0.25) is 6.10 Å². The molecule has 6 nitrogen and oxygen atoms in total. The molecule has 1 heterocycles. The maximum Gasteiger partial charge on any atom is 0.352 e. The highest BCUT2D eigenvalue weighted by molar-refractivity contribution is 5.97. The lowest BCUT2D eigenvalue weighted by atomic mass is 10.1. The number of amides is 1. The van der Waals surface area contributed by atoms with Gasteiger partial charge in [0.05, 0.1) is 0 Å². The van der Waals surface area contributed by atoms with Gasteiger partial charge in [-0.15, -0.1) is 0 Å². The zero-order valence-corrected chi connectivity index (χ0v) is 16.1. The van der Waals surface area contributed by atoms with Crippen molar-refractivity contribution in [2.45, 2.75) is 32.2 Å². The molecular formula is C23H21NO5. The van der Waals surface area contributed by atoms with Crippen LogP contribution in [0.1, 0.15) is 13.8 Å². The van der Waals surface area contributed by atoms with Crippen molar-refractivity contribution in [3.8, 4) is 11.5 Å². The summed E-state index contributed by atoms with van der Waals surface area (Å²) in [5.74, 6) is -0.0152. The number of nitrogens with one attached hydrogen (secondary N) is 1. The molecule has 29 heavy (non-hydrogen) atoms. The Bertz CT molecular complexity index is 1060. The van der Waals surface area contributed by atoms with Gasteiger partial charge in [-0.1, -0.05) is 42.5 Å². The molecule has 6 heteroatoms. The molecular weight excluding hydrogens is 370 g/mol. The molecule has 1 aliphatic rings. The number of benzene rings is 3. The van der Waals surface area contributed by atoms with Gasteiger partial charge in [0.25, 0.3) is 5.91 Å². The topological polar surface area (TPSA) is 73.9 Å². The SMILES string of the molecule is CC(OC(=O)C1Oc2ccccc2OC1C)C(=O)Nc1ccc2ccccc2c1. The first kappa shape index (κ1) is 18.8. The van der Waals surface area contributed by atoms with E-state index in [0.717, 1.165) is 10.8 Å². The first-order chi connectivity index (χ1) is 14.0. The normalized spacial score (nSPS) is 18.7. The van der Waals surface area contributed by atoms with E-state index in [-0.39, 0.29) is 0 Å². The predicted octanol–water partition coefficient (Wildman–Crippen LogP) is 3.94. The molecule has 3 unspecified atom stereocenters. The zero-order valence-electron chi connectivity index (χ0n) is 16.1. The first-order valence-electron chi connectivity index (χ1n) is 9.44. The van der Waals surface area contributed by atoms with Crippen molar-refractivity contribution in [3.63, 3.8) is 0 Å². The molecule has 0 radical (unpaired) electrons. The number of carbonyl (C=O) groups excluding carboxylic acids is 2. The Kier molecular flexibility index (Phi) is 5.08. The van der Waals surface area contributed by atoms with Crippen molar-refractivity contribution in [3.05, 3.63) is 66.7 Å². The summed E-state index contributed by atoms with van der Waals surface area (Å²) >= 11 is 0. The molecule has 0 saturated carbocycles. The minimum Gasteiger partial charge on any atom is -0.482 e. The lowest BCUT2D eigenvalue weighted by Crippen LogP contribution is -2.46. The largest absolute Gasteiger partial charge is 0.482 e. The Morgan fingerprint density at radius 2 is 1.59 bits per heavy atom. The van der Waals surface area contributed by atoms with Crippen LogP contribution >= 0.6 is 0 Å². The zero-order chi connectivity index (χ0) is 20.4. The molecule has 0 fully saturated rings. The standard InChI is InChI=1S/C23H21NO5/c1-14-21(29-20-10-6-5-9-19(20)27-14)23(26)28-15(2)22(25)24-18-12-11-16-7-3-4-8-17(16)13-18/h3-15,21H,1-2H3,(H,24,25). The summed E-state index contributed by atoms with van der Waals surface area (Å²) in [7, 11) is 0. The molecule has 3 atom stereocenters. The van der Waals surface area contributed by atoms with Gasteiger partial charge in [0.1, 0.15) is 6.10 Å². The minimum absolute atomic E-state index is 0.418. The van der Waals surface area contributed by atoms with E-state index >= 15 is 0 Å². The van der Waals surface area contributed by atoms with Crippen LogP contribution in [0.2, 0.25) is 0 Å². The predicted molar refractivity (Wildman–Crippen MR) is 109 cm³/mol. The monoisotopic (exact) mass is 391 g/mol. The van der Waals surface area contributed by atoms with Crippen LogP contribution in [0, 0.1) is 0 Å². The number of fused-ring (bicyclic) bond motifs is 2. The smallest absolute Gasteiger partial charge is 0.352 e. The van der Waals surface area contributed by atoms with Gasteiger partial charge in [0.15, 0.2) is 17.6 Å². The molecule has 0 spiro atoms. The highest BCUT2D eigenvalue weighted by Crippen LogP contribution is 2.33. The molecule has 0 aliphatic carbocycles. The molecule has 3 aromatic carbocycles. The van der Waals surface area contributed by atoms with Crippen molar-refractivity contribution >= 4 is 28.3 Å². The lowest BCUT2D eigenvalue weighted by molar-refractivity contribution is -0.165. The van der Waals surface area contributed by atoms with Crippen LogP contribution in [0.15, 0.2) is 66.7 Å². The quantitative estimate of drug-likeness (QED) is 0.682. The van der Waals surface area contributed by atoms with Gasteiger partial charge >= 0.3 is 5.97 Å². The number of carbonyl (C=O) groups is 2. The van der Waals surface area contributed by atoms with E-state index < -0.39 is 30.2 Å². The van der Waals surface area contributed by atoms with Crippen molar-refractivity contribution < 1.29 is 23.8 Å². The van der Waals surface area contributed by atoms with Crippen LogP contribution < -0.4 is 14.8 Å². The summed E-state index contributed by atoms with van der Waals surface area (Å²) in [4.78, 5) is 25.0. The Morgan fingerprint density at radius 3 is 2.34 bits per heavy atom. The second kappa shape index (κ2) is 7.83. The Hall–Kier alpha value is -3.54. The number of rotatable bonds is 4. The molecule has 1 N–H and O–H groups in total. The van der Waals surface area contributed by atoms with E-state index in [4.69, 9.17) is 14.2 Å². The summed E-state index contributed by atoms with van der Waals surface area (Å²) in [6.45, 7) is 3.25. The number of hydrogen-bond donors (Lipinski definition) is 1. The Balaban J connectivity index is 1.39. The number of anilines is 1. The van der Waals surface area contributed by atoms with Crippen LogP contribution in [0.25, 0.3) is 10.8 Å². The van der Waals surface area contributed by atoms with E-state index in [1.165, 1.54) is 6.92 Å². The van der Waals surface area contributed by atoms with E-state index in [9.17, 15) is 9.59 Å².